The Morgan fingerprint density at radius 1 is 1.33 bits per heavy atom. The zero-order valence-electron chi connectivity index (χ0n) is 13.8. The first-order valence-electron chi connectivity index (χ1n) is 7.25. The highest BCUT2D eigenvalue weighted by molar-refractivity contribution is 9.10. The van der Waals surface area contributed by atoms with Gasteiger partial charge >= 0.3 is 0 Å². The van der Waals surface area contributed by atoms with Gasteiger partial charge in [0.05, 0.1) is 10.9 Å². The molecule has 1 unspecified atom stereocenters. The molecule has 2 aromatic rings. The fourth-order valence-corrected chi connectivity index (χ4v) is 4.10. The molecular weight excluding hydrogens is 418 g/mol. The van der Waals surface area contributed by atoms with E-state index >= 15 is 0 Å². The van der Waals surface area contributed by atoms with Crippen molar-refractivity contribution < 1.29 is 12.8 Å². The monoisotopic (exact) mass is 435 g/mol. The van der Waals surface area contributed by atoms with Gasteiger partial charge in [-0.2, -0.15) is 4.72 Å². The van der Waals surface area contributed by atoms with Crippen molar-refractivity contribution in [2.24, 2.45) is 0 Å². The molecule has 0 bridgehead atoms. The van der Waals surface area contributed by atoms with Crippen molar-refractivity contribution in [3.05, 3.63) is 40.0 Å². The Hall–Kier alpha value is -0.960. The molecule has 0 radical (unpaired) electrons. The lowest BCUT2D eigenvalue weighted by Gasteiger charge is -2.14. The largest absolute Gasteiger partial charge is 0.423 e. The summed E-state index contributed by atoms with van der Waals surface area (Å²) in [4.78, 5) is 0.128. The van der Waals surface area contributed by atoms with E-state index < -0.39 is 16.1 Å². The van der Waals surface area contributed by atoms with Crippen molar-refractivity contribution in [1.82, 2.24) is 14.9 Å². The molecule has 9 heteroatoms. The van der Waals surface area contributed by atoms with Crippen molar-refractivity contribution in [2.45, 2.75) is 49.9 Å². The van der Waals surface area contributed by atoms with E-state index in [1.54, 1.807) is 19.1 Å². The van der Waals surface area contributed by atoms with Gasteiger partial charge in [0.2, 0.25) is 21.8 Å². The van der Waals surface area contributed by atoms with Crippen LogP contribution in [0.5, 0.6) is 0 Å². The van der Waals surface area contributed by atoms with Crippen molar-refractivity contribution in [3.8, 4) is 0 Å². The average molecular weight is 437 g/mol. The van der Waals surface area contributed by atoms with Crippen molar-refractivity contribution in [2.75, 3.05) is 0 Å². The SMILES string of the molecule is CC(NS(=O)(=O)c1ccc(Br)cc1CCl)c1nnc(C(C)(C)C)o1. The molecule has 0 fully saturated rings. The summed E-state index contributed by atoms with van der Waals surface area (Å²) in [5.74, 6) is 0.750. The Kier molecular flexibility index (Phi) is 5.74. The van der Waals surface area contributed by atoms with E-state index in [9.17, 15) is 8.42 Å². The van der Waals surface area contributed by atoms with Crippen molar-refractivity contribution >= 4 is 37.6 Å². The highest BCUT2D eigenvalue weighted by Gasteiger charge is 2.27. The van der Waals surface area contributed by atoms with Gasteiger partial charge < -0.3 is 4.42 Å². The Balaban J connectivity index is 2.27. The van der Waals surface area contributed by atoms with Crippen LogP contribution in [0.3, 0.4) is 0 Å². The quantitative estimate of drug-likeness (QED) is 0.718. The molecule has 0 saturated heterocycles. The summed E-state index contributed by atoms with van der Waals surface area (Å²) in [7, 11) is -3.78. The number of halogens is 2. The fraction of sp³-hybridized carbons (Fsp3) is 0.467. The van der Waals surface area contributed by atoms with E-state index in [0.29, 0.717) is 11.5 Å². The van der Waals surface area contributed by atoms with E-state index in [1.165, 1.54) is 6.07 Å². The molecule has 1 aromatic heterocycles. The zero-order valence-corrected chi connectivity index (χ0v) is 17.0. The third-order valence-electron chi connectivity index (χ3n) is 3.24. The van der Waals surface area contributed by atoms with Gasteiger partial charge in [0.25, 0.3) is 0 Å². The first-order valence-corrected chi connectivity index (χ1v) is 10.1. The standard InChI is InChI=1S/C15H19BrClN3O3S/c1-9(13-18-19-14(23-13)15(2,3)4)20-24(21,22)12-6-5-11(16)7-10(12)8-17/h5-7,9,20H,8H2,1-4H3. The Morgan fingerprint density at radius 3 is 2.54 bits per heavy atom. The molecule has 0 amide bonds. The molecular formula is C15H19BrClN3O3S. The van der Waals surface area contributed by atoms with Crippen LogP contribution in [0.4, 0.5) is 0 Å². The van der Waals surface area contributed by atoms with Crippen molar-refractivity contribution in [1.29, 1.82) is 0 Å². The van der Waals surface area contributed by atoms with Crippen molar-refractivity contribution in [3.63, 3.8) is 0 Å². The highest BCUT2D eigenvalue weighted by Crippen LogP contribution is 2.26. The van der Waals surface area contributed by atoms with Crippen LogP contribution in [0.2, 0.25) is 0 Å². The van der Waals surface area contributed by atoms with Crippen LogP contribution >= 0.6 is 27.5 Å². The molecule has 0 aliphatic rings. The van der Waals surface area contributed by atoms with E-state index in [4.69, 9.17) is 16.0 Å². The molecule has 1 N–H and O–H groups in total. The lowest BCUT2D eigenvalue weighted by molar-refractivity contribution is 0.355. The summed E-state index contributed by atoms with van der Waals surface area (Å²) in [6, 6.07) is 4.17. The summed E-state index contributed by atoms with van der Waals surface area (Å²) in [5, 5.41) is 7.92. The van der Waals surface area contributed by atoms with Crippen LogP contribution in [-0.2, 0) is 21.3 Å². The minimum absolute atomic E-state index is 0.0821. The summed E-state index contributed by atoms with van der Waals surface area (Å²) in [6.07, 6.45) is 0. The molecule has 132 valence electrons. The smallest absolute Gasteiger partial charge is 0.241 e. The Bertz CT molecular complexity index is 831. The van der Waals surface area contributed by atoms with Crippen LogP contribution in [0.25, 0.3) is 0 Å². The molecule has 2 rings (SSSR count). The minimum Gasteiger partial charge on any atom is -0.423 e. The summed E-state index contributed by atoms with van der Waals surface area (Å²) in [5.41, 5.74) is 0.202. The maximum absolute atomic E-state index is 12.6. The van der Waals surface area contributed by atoms with E-state index in [2.05, 4.69) is 30.8 Å². The number of hydrogen-bond donors (Lipinski definition) is 1. The summed E-state index contributed by atoms with van der Waals surface area (Å²) >= 11 is 9.17. The van der Waals surface area contributed by atoms with Gasteiger partial charge in [0.15, 0.2) is 0 Å². The van der Waals surface area contributed by atoms with E-state index in [1.807, 2.05) is 20.8 Å². The van der Waals surface area contributed by atoms with Gasteiger partial charge in [-0.05, 0) is 30.7 Å². The highest BCUT2D eigenvalue weighted by atomic mass is 79.9. The number of sulfonamides is 1. The Labute approximate surface area is 155 Å². The predicted molar refractivity (Wildman–Crippen MR) is 95.4 cm³/mol. The normalized spacial score (nSPS) is 13.9. The topological polar surface area (TPSA) is 85.1 Å². The number of nitrogens with zero attached hydrogens (tertiary/aromatic N) is 2. The maximum atomic E-state index is 12.6. The molecule has 6 nitrogen and oxygen atoms in total. The number of hydrogen-bond acceptors (Lipinski definition) is 5. The van der Waals surface area contributed by atoms with Crippen LogP contribution in [0.15, 0.2) is 32.0 Å². The zero-order chi connectivity index (χ0) is 18.1. The maximum Gasteiger partial charge on any atom is 0.241 e. The second-order valence-electron chi connectivity index (χ2n) is 6.42. The van der Waals surface area contributed by atoms with Gasteiger partial charge in [-0.15, -0.1) is 21.8 Å². The molecule has 0 saturated carbocycles. The van der Waals surface area contributed by atoms with Gasteiger partial charge in [0.1, 0.15) is 0 Å². The minimum atomic E-state index is -3.78. The van der Waals surface area contributed by atoms with Crippen LogP contribution in [0.1, 0.15) is 51.1 Å². The van der Waals surface area contributed by atoms with Gasteiger partial charge in [-0.25, -0.2) is 8.42 Å². The fourth-order valence-electron chi connectivity index (χ4n) is 1.97. The molecule has 1 heterocycles. The first-order chi connectivity index (χ1) is 11.0. The second kappa shape index (κ2) is 7.11. The number of nitrogens with one attached hydrogen (secondary N) is 1. The molecule has 0 spiro atoms. The van der Waals surface area contributed by atoms with Gasteiger partial charge in [-0.3, -0.25) is 0 Å². The lowest BCUT2D eigenvalue weighted by Crippen LogP contribution is -2.28. The number of benzene rings is 1. The van der Waals surface area contributed by atoms with Crippen LogP contribution < -0.4 is 4.72 Å². The van der Waals surface area contributed by atoms with E-state index in [-0.39, 0.29) is 22.1 Å². The Morgan fingerprint density at radius 2 is 2.00 bits per heavy atom. The summed E-state index contributed by atoms with van der Waals surface area (Å²) < 4.78 is 34.2. The molecule has 1 atom stereocenters. The predicted octanol–water partition coefficient (Wildman–Crippen LogP) is 3.91. The third-order valence-corrected chi connectivity index (χ3v) is 5.66. The average Bonchev–Trinajstić information content (AvgIpc) is 2.96. The third kappa shape index (κ3) is 4.36. The first kappa shape index (κ1) is 19.4. The van der Waals surface area contributed by atoms with Gasteiger partial charge in [0, 0.05) is 15.8 Å². The van der Waals surface area contributed by atoms with Crippen LogP contribution in [0, 0.1) is 0 Å². The summed E-state index contributed by atoms with van der Waals surface area (Å²) in [6.45, 7) is 7.46. The second-order valence-corrected chi connectivity index (χ2v) is 9.29. The van der Waals surface area contributed by atoms with Crippen LogP contribution in [-0.4, -0.2) is 18.6 Å². The molecule has 0 aliphatic heterocycles. The van der Waals surface area contributed by atoms with E-state index in [0.717, 1.165) is 4.47 Å². The van der Waals surface area contributed by atoms with Gasteiger partial charge in [-0.1, -0.05) is 36.7 Å². The molecule has 0 aliphatic carbocycles. The number of aromatic nitrogens is 2. The lowest BCUT2D eigenvalue weighted by atomic mass is 9.97. The molecule has 1 aromatic carbocycles. The molecule has 24 heavy (non-hydrogen) atoms. The number of alkyl halides is 1. The number of rotatable bonds is 5.